The standard InChI is InChI=1S/C30H39NO7/c1-3-5-20-17-23(18-21-8-9-22(38-28(20)21)10-13-27(32)33)36-14-4-15-37-26-12-11-24(30(31)34)29(35-2)25(26)16-19-6-7-19/h11-12,17-19,22H,3-10,13-16H2,1-2H3,(H2,31,34)(H,32,33). The molecule has 0 radical (unpaired) electrons. The number of primary amides is 1. The Hall–Kier alpha value is -3.42. The molecule has 1 unspecified atom stereocenters. The van der Waals surface area contributed by atoms with Gasteiger partial charge in [0.05, 0.1) is 32.0 Å². The number of hydrogen-bond acceptors (Lipinski definition) is 6. The number of aliphatic carboxylic acids is 1. The fraction of sp³-hybridized carbons (Fsp3) is 0.533. The zero-order chi connectivity index (χ0) is 27.1. The lowest BCUT2D eigenvalue weighted by atomic mass is 9.95. The number of ether oxygens (including phenoxy) is 4. The summed E-state index contributed by atoms with van der Waals surface area (Å²) >= 11 is 0. The summed E-state index contributed by atoms with van der Waals surface area (Å²) in [7, 11) is 1.56. The average Bonchev–Trinajstić information content (AvgIpc) is 3.72. The third-order valence-corrected chi connectivity index (χ3v) is 7.13. The molecule has 8 heteroatoms. The number of hydrogen-bond donors (Lipinski definition) is 2. The van der Waals surface area contributed by atoms with Crippen LogP contribution in [0.25, 0.3) is 0 Å². The van der Waals surface area contributed by atoms with Crippen LogP contribution in [0.4, 0.5) is 0 Å². The topological polar surface area (TPSA) is 117 Å². The van der Waals surface area contributed by atoms with E-state index in [1.165, 1.54) is 12.8 Å². The van der Waals surface area contributed by atoms with Crippen molar-refractivity contribution in [1.29, 1.82) is 0 Å². The Morgan fingerprint density at radius 3 is 2.61 bits per heavy atom. The van der Waals surface area contributed by atoms with Gasteiger partial charge in [0.2, 0.25) is 0 Å². The first-order valence-corrected chi connectivity index (χ1v) is 13.7. The Balaban J connectivity index is 1.35. The summed E-state index contributed by atoms with van der Waals surface area (Å²) < 4.78 is 24.0. The van der Waals surface area contributed by atoms with E-state index in [2.05, 4.69) is 6.92 Å². The molecular formula is C30H39NO7. The van der Waals surface area contributed by atoms with Crippen molar-refractivity contribution in [1.82, 2.24) is 0 Å². The molecule has 1 fully saturated rings. The van der Waals surface area contributed by atoms with Gasteiger partial charge in [-0.05, 0) is 86.3 Å². The lowest BCUT2D eigenvalue weighted by Crippen LogP contribution is -2.24. The number of nitrogens with two attached hydrogens (primary N) is 1. The van der Waals surface area contributed by atoms with Crippen LogP contribution in [-0.4, -0.2) is 43.4 Å². The molecule has 3 N–H and O–H groups in total. The molecule has 206 valence electrons. The maximum absolute atomic E-state index is 11.9. The van der Waals surface area contributed by atoms with E-state index >= 15 is 0 Å². The first-order chi connectivity index (χ1) is 18.4. The van der Waals surface area contributed by atoms with Gasteiger partial charge >= 0.3 is 5.97 Å². The fourth-order valence-corrected chi connectivity index (χ4v) is 5.03. The van der Waals surface area contributed by atoms with E-state index in [-0.39, 0.29) is 12.5 Å². The molecule has 1 saturated carbocycles. The number of carboxylic acids is 1. The van der Waals surface area contributed by atoms with Crippen molar-refractivity contribution in [3.63, 3.8) is 0 Å². The smallest absolute Gasteiger partial charge is 0.303 e. The second kappa shape index (κ2) is 12.9. The number of methoxy groups -OCH3 is 1. The van der Waals surface area contributed by atoms with Crippen molar-refractivity contribution in [2.45, 2.75) is 77.2 Å². The maximum atomic E-state index is 11.9. The molecule has 2 aromatic rings. The van der Waals surface area contributed by atoms with Crippen LogP contribution < -0.4 is 24.7 Å². The van der Waals surface area contributed by atoms with E-state index in [0.717, 1.165) is 66.0 Å². The molecular weight excluding hydrogens is 486 g/mol. The highest BCUT2D eigenvalue weighted by Crippen LogP contribution is 2.41. The first kappa shape index (κ1) is 27.6. The first-order valence-electron chi connectivity index (χ1n) is 13.7. The normalized spacial score (nSPS) is 16.3. The molecule has 1 amide bonds. The zero-order valence-corrected chi connectivity index (χ0v) is 22.4. The lowest BCUT2D eigenvalue weighted by Gasteiger charge is -2.28. The van der Waals surface area contributed by atoms with Gasteiger partial charge in [0, 0.05) is 18.4 Å². The predicted octanol–water partition coefficient (Wildman–Crippen LogP) is 5.11. The molecule has 0 bridgehead atoms. The van der Waals surface area contributed by atoms with Gasteiger partial charge < -0.3 is 29.8 Å². The van der Waals surface area contributed by atoms with Crippen molar-refractivity contribution in [2.75, 3.05) is 20.3 Å². The van der Waals surface area contributed by atoms with Crippen LogP contribution in [0.5, 0.6) is 23.0 Å². The van der Waals surface area contributed by atoms with E-state index in [9.17, 15) is 9.59 Å². The van der Waals surface area contributed by atoms with Gasteiger partial charge in [-0.3, -0.25) is 9.59 Å². The lowest BCUT2D eigenvalue weighted by molar-refractivity contribution is -0.137. The molecule has 1 aliphatic carbocycles. The minimum absolute atomic E-state index is 0.0569. The van der Waals surface area contributed by atoms with Crippen molar-refractivity contribution in [3.05, 3.63) is 46.5 Å². The molecule has 0 spiro atoms. The molecule has 1 aliphatic heterocycles. The van der Waals surface area contributed by atoms with Gasteiger partial charge in [-0.15, -0.1) is 0 Å². The van der Waals surface area contributed by atoms with Crippen LogP contribution in [0.1, 0.15) is 78.9 Å². The Labute approximate surface area is 224 Å². The Morgan fingerprint density at radius 2 is 1.92 bits per heavy atom. The van der Waals surface area contributed by atoms with Crippen LogP contribution in [0.3, 0.4) is 0 Å². The molecule has 0 saturated heterocycles. The van der Waals surface area contributed by atoms with E-state index in [1.807, 2.05) is 18.2 Å². The Morgan fingerprint density at radius 1 is 1.13 bits per heavy atom. The number of carbonyl (C=O) groups is 2. The summed E-state index contributed by atoms with van der Waals surface area (Å²) in [6.07, 6.45) is 7.95. The van der Waals surface area contributed by atoms with Crippen LogP contribution in [0.2, 0.25) is 0 Å². The molecule has 1 atom stereocenters. The van der Waals surface area contributed by atoms with E-state index in [0.29, 0.717) is 43.3 Å². The predicted molar refractivity (Wildman–Crippen MR) is 144 cm³/mol. The SMILES string of the molecule is CCCc1cc(OCCCOc2ccc(C(N)=O)c(OC)c2CC2CC2)cc2c1OC(CCC(=O)O)CC2. The number of carbonyl (C=O) groups excluding carboxylic acids is 1. The summed E-state index contributed by atoms with van der Waals surface area (Å²) in [4.78, 5) is 22.8. The molecule has 2 aliphatic rings. The van der Waals surface area contributed by atoms with Crippen LogP contribution in [0, 0.1) is 5.92 Å². The maximum Gasteiger partial charge on any atom is 0.303 e. The largest absolute Gasteiger partial charge is 0.495 e. The number of carboxylic acid groups (broad SMARTS) is 1. The highest BCUT2D eigenvalue weighted by Gasteiger charge is 2.27. The molecule has 4 rings (SSSR count). The Bertz CT molecular complexity index is 1140. The van der Waals surface area contributed by atoms with Gasteiger partial charge in [-0.2, -0.15) is 0 Å². The van der Waals surface area contributed by atoms with Crippen LogP contribution in [0.15, 0.2) is 24.3 Å². The van der Waals surface area contributed by atoms with Gasteiger partial charge in [0.25, 0.3) is 5.91 Å². The van der Waals surface area contributed by atoms with E-state index in [1.54, 1.807) is 13.2 Å². The fourth-order valence-electron chi connectivity index (χ4n) is 5.03. The van der Waals surface area contributed by atoms with Crippen molar-refractivity contribution >= 4 is 11.9 Å². The summed E-state index contributed by atoms with van der Waals surface area (Å²) in [6, 6.07) is 7.57. The summed E-state index contributed by atoms with van der Waals surface area (Å²) in [6.45, 7) is 3.10. The number of aryl methyl sites for hydroxylation is 2. The summed E-state index contributed by atoms with van der Waals surface area (Å²) in [5.41, 5.74) is 9.08. The average molecular weight is 526 g/mol. The molecule has 0 aromatic heterocycles. The van der Waals surface area contributed by atoms with Crippen molar-refractivity contribution in [3.8, 4) is 23.0 Å². The van der Waals surface area contributed by atoms with Gasteiger partial charge in [-0.25, -0.2) is 0 Å². The summed E-state index contributed by atoms with van der Waals surface area (Å²) in [5.74, 6) is 2.27. The highest BCUT2D eigenvalue weighted by atomic mass is 16.5. The molecule has 2 aromatic carbocycles. The van der Waals surface area contributed by atoms with Crippen LogP contribution in [-0.2, 0) is 24.1 Å². The Kier molecular flexibility index (Phi) is 9.37. The minimum Gasteiger partial charge on any atom is -0.495 e. The minimum atomic E-state index is -0.790. The second-order valence-electron chi connectivity index (χ2n) is 10.2. The summed E-state index contributed by atoms with van der Waals surface area (Å²) in [5, 5.41) is 9.00. The number of fused-ring (bicyclic) bond motifs is 1. The number of benzene rings is 2. The van der Waals surface area contributed by atoms with Gasteiger partial charge in [-0.1, -0.05) is 13.3 Å². The number of amides is 1. The third-order valence-electron chi connectivity index (χ3n) is 7.13. The molecule has 38 heavy (non-hydrogen) atoms. The van der Waals surface area contributed by atoms with E-state index in [4.69, 9.17) is 29.8 Å². The van der Waals surface area contributed by atoms with Crippen LogP contribution >= 0.6 is 0 Å². The quantitative estimate of drug-likeness (QED) is 0.311. The second-order valence-corrected chi connectivity index (χ2v) is 10.2. The zero-order valence-electron chi connectivity index (χ0n) is 22.4. The van der Waals surface area contributed by atoms with Gasteiger partial charge in [0.15, 0.2) is 0 Å². The van der Waals surface area contributed by atoms with Crippen molar-refractivity contribution in [2.24, 2.45) is 11.7 Å². The van der Waals surface area contributed by atoms with Crippen molar-refractivity contribution < 1.29 is 33.6 Å². The highest BCUT2D eigenvalue weighted by molar-refractivity contribution is 5.96. The van der Waals surface area contributed by atoms with Gasteiger partial charge in [0.1, 0.15) is 23.0 Å². The third kappa shape index (κ3) is 7.11. The molecule has 1 heterocycles. The molecule has 8 nitrogen and oxygen atoms in total. The number of rotatable bonds is 15. The van der Waals surface area contributed by atoms with E-state index < -0.39 is 11.9 Å². The monoisotopic (exact) mass is 525 g/mol.